The highest BCUT2D eigenvalue weighted by Crippen LogP contribution is 2.71. The molecular formula is C24H28N2O7. The molecule has 9 heteroatoms. The van der Waals surface area contributed by atoms with Crippen LogP contribution >= 0.6 is 0 Å². The molecule has 0 aromatic heterocycles. The minimum absolute atomic E-state index is 0.0134. The van der Waals surface area contributed by atoms with E-state index in [1.807, 2.05) is 13.0 Å². The maximum atomic E-state index is 12.8. The number of aromatic carboxylic acids is 1. The fraction of sp³-hybridized carbons (Fsp3) is 0.542. The Labute approximate surface area is 190 Å². The zero-order chi connectivity index (χ0) is 23.8. The number of carbonyl (C=O) groups is 2. The monoisotopic (exact) mass is 456 g/mol. The third-order valence-corrected chi connectivity index (χ3v) is 8.57. The van der Waals surface area contributed by atoms with Crippen molar-refractivity contribution < 1.29 is 34.9 Å². The van der Waals surface area contributed by atoms with Crippen LogP contribution in [-0.4, -0.2) is 49.8 Å². The van der Waals surface area contributed by atoms with E-state index in [4.69, 9.17) is 4.74 Å². The van der Waals surface area contributed by atoms with Crippen LogP contribution in [0.5, 0.6) is 11.5 Å². The van der Waals surface area contributed by atoms with Gasteiger partial charge in [-0.2, -0.15) is 0 Å². The van der Waals surface area contributed by atoms with E-state index >= 15 is 0 Å². The second-order valence-electron chi connectivity index (χ2n) is 10.4. The first kappa shape index (κ1) is 21.8. The van der Waals surface area contributed by atoms with E-state index in [1.165, 1.54) is 0 Å². The summed E-state index contributed by atoms with van der Waals surface area (Å²) in [5.74, 6) is -2.43. The van der Waals surface area contributed by atoms with Gasteiger partial charge in [0.25, 0.3) is 0 Å². The number of carbonyl (C=O) groups excluding carboxylic acids is 1. The molecule has 1 aromatic carbocycles. The summed E-state index contributed by atoms with van der Waals surface area (Å²) >= 11 is 0. The molecule has 33 heavy (non-hydrogen) atoms. The molecule has 0 radical (unpaired) electrons. The Balaban J connectivity index is 1.38. The highest BCUT2D eigenvalue weighted by atomic mass is 16.5. The summed E-state index contributed by atoms with van der Waals surface area (Å²) in [4.78, 5) is 24.1. The lowest BCUT2D eigenvalue weighted by Crippen LogP contribution is -2.56. The van der Waals surface area contributed by atoms with E-state index in [2.05, 4.69) is 23.5 Å². The molecule has 4 fully saturated rings. The van der Waals surface area contributed by atoms with Gasteiger partial charge in [0.1, 0.15) is 17.0 Å². The van der Waals surface area contributed by atoms with Crippen molar-refractivity contribution in [3.63, 3.8) is 0 Å². The number of nitrogens with zero attached hydrogens (tertiary/aromatic N) is 1. The maximum Gasteiger partial charge on any atom is 0.339 e. The number of carboxylic acids is 1. The SMILES string of the molecule is C[C@]12C[C@@]34C=C/C(=N\O)[C@@](C)(CCC(=O)Nc5c(O)ccc(C(=O)O)c5O)[C@@H]3[C@H](C[C@@H]1C4)O2. The van der Waals surface area contributed by atoms with Crippen LogP contribution in [0.15, 0.2) is 29.4 Å². The van der Waals surface area contributed by atoms with Crippen LogP contribution in [0, 0.1) is 22.7 Å². The number of carboxylic acid groups (broad SMARTS) is 1. The second-order valence-corrected chi connectivity index (χ2v) is 10.4. The molecular weight excluding hydrogens is 428 g/mol. The number of ether oxygens (including phenoxy) is 1. The van der Waals surface area contributed by atoms with E-state index in [0.29, 0.717) is 18.1 Å². The van der Waals surface area contributed by atoms with Crippen LogP contribution < -0.4 is 5.32 Å². The minimum atomic E-state index is -1.38. The van der Waals surface area contributed by atoms with Gasteiger partial charge in [-0.05, 0) is 62.1 Å². The number of phenols is 2. The molecule has 6 atom stereocenters. The van der Waals surface area contributed by atoms with Crippen LogP contribution in [0.4, 0.5) is 5.69 Å². The van der Waals surface area contributed by atoms with Crippen molar-refractivity contribution >= 4 is 23.3 Å². The van der Waals surface area contributed by atoms with Crippen molar-refractivity contribution in [3.05, 3.63) is 29.8 Å². The van der Waals surface area contributed by atoms with E-state index < -0.39 is 34.4 Å². The first-order valence-corrected chi connectivity index (χ1v) is 11.2. The molecule has 3 aliphatic carbocycles. The van der Waals surface area contributed by atoms with Crippen molar-refractivity contribution in [1.29, 1.82) is 0 Å². The van der Waals surface area contributed by atoms with Crippen LogP contribution in [-0.2, 0) is 9.53 Å². The standard InChI is InChI=1S/C24H28N2O7/c1-22(7-6-17(28)25-18-14(27)4-3-13(19(18)29)21(30)31)16(26-32)5-8-24-10-12-9-15(20(22)24)33-23(12,2)11-24/h3-5,8,12,15,20,27,29,32H,6-7,9-11H2,1-2H3,(H,25,28)(H,30,31)/b26-16+/t12-,15+,20+,22-,23+,24+/m1/s1. The number of benzene rings is 1. The lowest BCUT2D eigenvalue weighted by Gasteiger charge is -2.56. The minimum Gasteiger partial charge on any atom is -0.506 e. The second kappa shape index (κ2) is 6.96. The summed E-state index contributed by atoms with van der Waals surface area (Å²) in [7, 11) is 0. The third-order valence-electron chi connectivity index (χ3n) is 8.57. The van der Waals surface area contributed by atoms with Gasteiger partial charge in [0.05, 0.1) is 17.4 Å². The van der Waals surface area contributed by atoms with Crippen molar-refractivity contribution in [3.8, 4) is 11.5 Å². The van der Waals surface area contributed by atoms with Crippen molar-refractivity contribution in [1.82, 2.24) is 0 Å². The zero-order valence-electron chi connectivity index (χ0n) is 18.5. The molecule has 1 aromatic rings. The molecule has 2 heterocycles. The molecule has 1 amide bonds. The van der Waals surface area contributed by atoms with Crippen LogP contribution in [0.2, 0.25) is 0 Å². The van der Waals surface area contributed by atoms with E-state index in [9.17, 15) is 30.1 Å². The maximum absolute atomic E-state index is 12.8. The quantitative estimate of drug-likeness (QED) is 0.259. The lowest BCUT2D eigenvalue weighted by atomic mass is 9.51. The van der Waals surface area contributed by atoms with Gasteiger partial charge in [0.2, 0.25) is 5.91 Å². The number of oxime groups is 1. The van der Waals surface area contributed by atoms with E-state index in [1.54, 1.807) is 0 Å². The molecule has 1 spiro atoms. The summed E-state index contributed by atoms with van der Waals surface area (Å²) in [6.45, 7) is 4.18. The van der Waals surface area contributed by atoms with Crippen molar-refractivity contribution in [2.24, 2.45) is 27.8 Å². The Morgan fingerprint density at radius 2 is 2.03 bits per heavy atom. The number of nitrogens with one attached hydrogen (secondary N) is 1. The molecule has 6 rings (SSSR count). The molecule has 2 aliphatic heterocycles. The first-order valence-electron chi connectivity index (χ1n) is 11.2. The number of allylic oxidation sites excluding steroid dienone is 2. The Bertz CT molecular complexity index is 1110. The average molecular weight is 456 g/mol. The summed E-state index contributed by atoms with van der Waals surface area (Å²) in [5, 5.41) is 45.2. The first-order chi connectivity index (χ1) is 15.5. The third kappa shape index (κ3) is 2.98. The lowest BCUT2D eigenvalue weighted by molar-refractivity contribution is -0.145. The van der Waals surface area contributed by atoms with Crippen LogP contribution in [0.1, 0.15) is 56.3 Å². The smallest absolute Gasteiger partial charge is 0.339 e. The number of phenolic OH excluding ortho intramolecular Hbond substituents is 1. The predicted molar refractivity (Wildman–Crippen MR) is 118 cm³/mol. The van der Waals surface area contributed by atoms with Gasteiger partial charge in [-0.3, -0.25) is 4.79 Å². The summed E-state index contributed by atoms with van der Waals surface area (Å²) < 4.78 is 6.47. The van der Waals surface area contributed by atoms with Gasteiger partial charge in [0.15, 0.2) is 5.75 Å². The predicted octanol–water partition coefficient (Wildman–Crippen LogP) is 3.49. The Morgan fingerprint density at radius 1 is 1.27 bits per heavy atom. The number of aromatic hydroxyl groups is 2. The van der Waals surface area contributed by atoms with Gasteiger partial charge in [-0.25, -0.2) is 4.79 Å². The Morgan fingerprint density at radius 3 is 2.70 bits per heavy atom. The number of rotatable bonds is 5. The van der Waals surface area contributed by atoms with Gasteiger partial charge < -0.3 is 30.6 Å². The fourth-order valence-electron chi connectivity index (χ4n) is 7.25. The number of anilines is 1. The molecule has 176 valence electrons. The zero-order valence-corrected chi connectivity index (χ0v) is 18.5. The summed E-state index contributed by atoms with van der Waals surface area (Å²) in [6, 6.07) is 2.17. The molecule has 2 saturated carbocycles. The van der Waals surface area contributed by atoms with Gasteiger partial charge in [-0.1, -0.05) is 18.2 Å². The molecule has 5 aliphatic rings. The molecule has 9 nitrogen and oxygen atoms in total. The topological polar surface area (TPSA) is 149 Å². The van der Waals surface area contributed by atoms with Crippen molar-refractivity contribution in [2.45, 2.75) is 57.7 Å². The van der Waals surface area contributed by atoms with E-state index in [0.717, 1.165) is 31.4 Å². The molecule has 5 N–H and O–H groups in total. The highest BCUT2D eigenvalue weighted by Gasteiger charge is 2.71. The molecule has 0 unspecified atom stereocenters. The molecule has 4 bridgehead atoms. The van der Waals surface area contributed by atoms with Gasteiger partial charge in [-0.15, -0.1) is 0 Å². The summed E-state index contributed by atoms with van der Waals surface area (Å²) in [5.41, 5.74) is -1.04. The Hall–Kier alpha value is -3.07. The number of amides is 1. The van der Waals surface area contributed by atoms with Crippen molar-refractivity contribution in [2.75, 3.05) is 5.32 Å². The van der Waals surface area contributed by atoms with Gasteiger partial charge in [0, 0.05) is 17.8 Å². The number of hydrogen-bond acceptors (Lipinski definition) is 7. The van der Waals surface area contributed by atoms with Crippen LogP contribution in [0.3, 0.4) is 0 Å². The summed E-state index contributed by atoms with van der Waals surface area (Å²) in [6.07, 6.45) is 7.33. The normalized spacial score (nSPS) is 39.1. The molecule has 2 saturated heterocycles. The van der Waals surface area contributed by atoms with Crippen LogP contribution in [0.25, 0.3) is 0 Å². The highest BCUT2D eigenvalue weighted by molar-refractivity contribution is 6.02. The Kier molecular flexibility index (Phi) is 4.59. The fourth-order valence-corrected chi connectivity index (χ4v) is 7.25. The van der Waals surface area contributed by atoms with E-state index in [-0.39, 0.29) is 35.1 Å². The number of hydrogen-bond donors (Lipinski definition) is 5. The van der Waals surface area contributed by atoms with Gasteiger partial charge >= 0.3 is 5.97 Å². The average Bonchev–Trinajstić information content (AvgIpc) is 3.10. The largest absolute Gasteiger partial charge is 0.506 e.